The lowest BCUT2D eigenvalue weighted by molar-refractivity contribution is -0.384. The second kappa shape index (κ2) is 9.28. The largest absolute Gasteiger partial charge is 0.497 e. The molecule has 3 rings (SSSR count). The van der Waals surface area contributed by atoms with Gasteiger partial charge in [-0.25, -0.2) is 5.43 Å². The van der Waals surface area contributed by atoms with E-state index in [0.717, 1.165) is 5.56 Å². The number of aromatic nitrogens is 1. The van der Waals surface area contributed by atoms with Gasteiger partial charge in [-0.15, -0.1) is 0 Å². The number of carbonyl (C=O) groups is 1. The summed E-state index contributed by atoms with van der Waals surface area (Å²) in [5, 5.41) is 14.5. The Labute approximate surface area is 171 Å². The van der Waals surface area contributed by atoms with Crippen LogP contribution in [0, 0.1) is 10.1 Å². The second-order valence-corrected chi connectivity index (χ2v) is 6.25. The number of nitro groups is 1. The predicted molar refractivity (Wildman–Crippen MR) is 111 cm³/mol. The van der Waals surface area contributed by atoms with Gasteiger partial charge in [-0.05, 0) is 47.5 Å². The van der Waals surface area contributed by atoms with Crippen LogP contribution in [-0.4, -0.2) is 28.7 Å². The average Bonchev–Trinajstić information content (AvgIpc) is 2.76. The molecule has 1 heterocycles. The van der Waals surface area contributed by atoms with Crippen molar-refractivity contribution in [2.45, 2.75) is 6.54 Å². The number of hydrogen-bond acceptors (Lipinski definition) is 6. The molecule has 0 aliphatic heterocycles. The first kappa shape index (κ1) is 20.5. The highest BCUT2D eigenvalue weighted by Gasteiger charge is 2.12. The highest BCUT2D eigenvalue weighted by molar-refractivity contribution is 5.94. The highest BCUT2D eigenvalue weighted by atomic mass is 16.6. The van der Waals surface area contributed by atoms with Crippen LogP contribution in [0.4, 0.5) is 5.69 Å². The molecule has 0 fully saturated rings. The van der Waals surface area contributed by atoms with Gasteiger partial charge in [-0.2, -0.15) is 5.10 Å². The number of hydrogen-bond donors (Lipinski definition) is 1. The van der Waals surface area contributed by atoms with Gasteiger partial charge in [0.15, 0.2) is 0 Å². The number of carbonyl (C=O) groups excluding carboxylic acids is 1. The van der Waals surface area contributed by atoms with Crippen LogP contribution in [0.1, 0.15) is 21.5 Å². The zero-order valence-corrected chi connectivity index (χ0v) is 16.0. The van der Waals surface area contributed by atoms with E-state index < -0.39 is 16.4 Å². The number of ether oxygens (including phenoxy) is 1. The molecule has 9 nitrogen and oxygen atoms in total. The minimum Gasteiger partial charge on any atom is -0.497 e. The first-order valence-corrected chi connectivity index (χ1v) is 8.88. The topological polar surface area (TPSA) is 116 Å². The zero-order valence-electron chi connectivity index (χ0n) is 16.0. The molecule has 0 saturated carbocycles. The molecule has 0 atom stereocenters. The normalized spacial score (nSPS) is 10.7. The minimum absolute atomic E-state index is 0.0436. The number of benzene rings is 2. The Morgan fingerprint density at radius 1 is 1.17 bits per heavy atom. The van der Waals surface area contributed by atoms with Gasteiger partial charge >= 0.3 is 0 Å². The van der Waals surface area contributed by atoms with E-state index in [4.69, 9.17) is 4.74 Å². The van der Waals surface area contributed by atoms with Crippen LogP contribution in [0.3, 0.4) is 0 Å². The van der Waals surface area contributed by atoms with Gasteiger partial charge in [-0.1, -0.05) is 12.1 Å². The number of pyridine rings is 1. The molecule has 0 saturated heterocycles. The molecule has 1 amide bonds. The number of rotatable bonds is 7. The minimum atomic E-state index is -0.651. The smallest absolute Gasteiger partial charge is 0.276 e. The molecule has 0 unspecified atom stereocenters. The van der Waals surface area contributed by atoms with Gasteiger partial charge in [-0.3, -0.25) is 19.7 Å². The van der Waals surface area contributed by atoms with Crippen molar-refractivity contribution < 1.29 is 14.5 Å². The molecule has 0 bridgehead atoms. The Kier molecular flexibility index (Phi) is 6.33. The summed E-state index contributed by atoms with van der Waals surface area (Å²) in [6.07, 6.45) is 2.93. The lowest BCUT2D eigenvalue weighted by atomic mass is 10.2. The molecule has 1 aromatic heterocycles. The van der Waals surface area contributed by atoms with Crippen LogP contribution in [-0.2, 0) is 6.54 Å². The lowest BCUT2D eigenvalue weighted by Crippen LogP contribution is -2.30. The van der Waals surface area contributed by atoms with E-state index in [2.05, 4.69) is 10.5 Å². The molecule has 0 aliphatic rings. The molecular weight excluding hydrogens is 388 g/mol. The number of nitrogens with zero attached hydrogens (tertiary/aromatic N) is 3. The standard InChI is InChI=1S/C21H18N4O5/c1-30-18-10-6-16(7-11-18)14-24-12-2-3-19(21(24)27)20(26)23-22-13-15-4-8-17(9-5-15)25(28)29/h2-13H,14H2,1H3,(H,23,26)/b22-13-. The van der Waals surface area contributed by atoms with Crippen molar-refractivity contribution in [3.63, 3.8) is 0 Å². The number of nitrogens with one attached hydrogen (secondary N) is 1. The number of amides is 1. The van der Waals surface area contributed by atoms with E-state index in [1.165, 1.54) is 41.1 Å². The van der Waals surface area contributed by atoms with Crippen LogP contribution in [0.5, 0.6) is 5.75 Å². The molecule has 3 aromatic rings. The fourth-order valence-electron chi connectivity index (χ4n) is 2.67. The van der Waals surface area contributed by atoms with Crippen molar-refractivity contribution in [2.24, 2.45) is 5.10 Å². The van der Waals surface area contributed by atoms with Gasteiger partial charge in [0.2, 0.25) is 0 Å². The highest BCUT2D eigenvalue weighted by Crippen LogP contribution is 2.12. The van der Waals surface area contributed by atoms with E-state index in [0.29, 0.717) is 17.9 Å². The summed E-state index contributed by atoms with van der Waals surface area (Å²) in [6.45, 7) is 0.302. The Morgan fingerprint density at radius 3 is 2.50 bits per heavy atom. The van der Waals surface area contributed by atoms with E-state index in [9.17, 15) is 19.7 Å². The third-order valence-electron chi connectivity index (χ3n) is 4.26. The maximum atomic E-state index is 12.6. The van der Waals surface area contributed by atoms with Crippen LogP contribution in [0.15, 0.2) is 76.8 Å². The fourth-order valence-corrected chi connectivity index (χ4v) is 2.67. The second-order valence-electron chi connectivity index (χ2n) is 6.25. The number of methoxy groups -OCH3 is 1. The molecule has 0 radical (unpaired) electrons. The molecule has 152 valence electrons. The maximum Gasteiger partial charge on any atom is 0.276 e. The third kappa shape index (κ3) is 4.96. The van der Waals surface area contributed by atoms with Crippen molar-refractivity contribution in [1.82, 2.24) is 9.99 Å². The van der Waals surface area contributed by atoms with Crippen LogP contribution in [0.25, 0.3) is 0 Å². The fraction of sp³-hybridized carbons (Fsp3) is 0.0952. The van der Waals surface area contributed by atoms with Gasteiger partial charge in [0.1, 0.15) is 11.3 Å². The Hall–Kier alpha value is -4.27. The van der Waals surface area contributed by atoms with Crippen LogP contribution >= 0.6 is 0 Å². The molecular formula is C21H18N4O5. The Morgan fingerprint density at radius 2 is 1.87 bits per heavy atom. The van der Waals surface area contributed by atoms with Crippen molar-refractivity contribution in [2.75, 3.05) is 7.11 Å². The van der Waals surface area contributed by atoms with Gasteiger partial charge < -0.3 is 9.30 Å². The zero-order chi connectivity index (χ0) is 21.5. The third-order valence-corrected chi connectivity index (χ3v) is 4.26. The van der Waals surface area contributed by atoms with E-state index >= 15 is 0 Å². The molecule has 1 N–H and O–H groups in total. The predicted octanol–water partition coefficient (Wildman–Crippen LogP) is 2.58. The SMILES string of the molecule is COc1ccc(Cn2cccc(C(=O)N/N=C\c3ccc([N+](=O)[O-])cc3)c2=O)cc1. The number of non-ortho nitro benzene ring substituents is 1. The Bertz CT molecular complexity index is 1140. The summed E-state index contributed by atoms with van der Waals surface area (Å²) in [5.41, 5.74) is 3.20. The summed E-state index contributed by atoms with van der Waals surface area (Å²) >= 11 is 0. The van der Waals surface area contributed by atoms with E-state index in [1.807, 2.05) is 12.1 Å². The number of nitro benzene ring substituents is 1. The molecule has 30 heavy (non-hydrogen) atoms. The molecule has 0 spiro atoms. The van der Waals surface area contributed by atoms with Gasteiger partial charge in [0.05, 0.1) is 24.8 Å². The quantitative estimate of drug-likeness (QED) is 0.368. The number of hydrazone groups is 1. The molecule has 9 heteroatoms. The van der Waals surface area contributed by atoms with E-state index in [-0.39, 0.29) is 11.3 Å². The van der Waals surface area contributed by atoms with E-state index in [1.54, 1.807) is 31.5 Å². The van der Waals surface area contributed by atoms with Crippen molar-refractivity contribution >= 4 is 17.8 Å². The molecule has 0 aliphatic carbocycles. The monoisotopic (exact) mass is 406 g/mol. The lowest BCUT2D eigenvalue weighted by Gasteiger charge is -2.08. The van der Waals surface area contributed by atoms with Crippen molar-refractivity contribution in [3.8, 4) is 5.75 Å². The maximum absolute atomic E-state index is 12.6. The first-order valence-electron chi connectivity index (χ1n) is 8.88. The summed E-state index contributed by atoms with van der Waals surface area (Å²) < 4.78 is 6.54. The summed E-state index contributed by atoms with van der Waals surface area (Å²) in [6, 6.07) is 16.0. The van der Waals surface area contributed by atoms with Gasteiger partial charge in [0.25, 0.3) is 17.2 Å². The van der Waals surface area contributed by atoms with Gasteiger partial charge in [0, 0.05) is 18.3 Å². The molecule has 2 aromatic carbocycles. The van der Waals surface area contributed by atoms with Crippen LogP contribution < -0.4 is 15.7 Å². The summed E-state index contributed by atoms with van der Waals surface area (Å²) in [4.78, 5) is 35.1. The summed E-state index contributed by atoms with van der Waals surface area (Å²) in [5.74, 6) is 0.0624. The van der Waals surface area contributed by atoms with Crippen molar-refractivity contribution in [1.29, 1.82) is 0 Å². The van der Waals surface area contributed by atoms with Crippen LogP contribution in [0.2, 0.25) is 0 Å². The first-order chi connectivity index (χ1) is 14.5. The van der Waals surface area contributed by atoms with Crippen molar-refractivity contribution in [3.05, 3.63) is 104 Å². The average molecular weight is 406 g/mol. The Balaban J connectivity index is 1.69. The summed E-state index contributed by atoms with van der Waals surface area (Å²) in [7, 11) is 1.58.